The van der Waals surface area contributed by atoms with E-state index in [0.717, 1.165) is 18.8 Å². The quantitative estimate of drug-likeness (QED) is 0.130. The van der Waals surface area contributed by atoms with Crippen molar-refractivity contribution in [2.75, 3.05) is 0 Å². The van der Waals surface area contributed by atoms with E-state index >= 15 is 0 Å². The molecule has 0 rings (SSSR count). The summed E-state index contributed by atoms with van der Waals surface area (Å²) < 4.78 is 0. The third kappa shape index (κ3) is 21.9. The maximum absolute atomic E-state index is 3.95. The van der Waals surface area contributed by atoms with Crippen molar-refractivity contribution in [3.8, 4) is 0 Å². The van der Waals surface area contributed by atoms with Crippen LogP contribution >= 0.6 is 0 Å². The highest BCUT2D eigenvalue weighted by molar-refractivity contribution is 4.84. The van der Waals surface area contributed by atoms with Crippen LogP contribution in [0.25, 0.3) is 0 Å². The first-order valence-electron chi connectivity index (χ1n) is 12.6. The number of hydrogen-bond donors (Lipinski definition) is 0. The van der Waals surface area contributed by atoms with Gasteiger partial charge < -0.3 is 0 Å². The Kier molecular flexibility index (Phi) is 23.5. The Labute approximate surface area is 174 Å². The highest BCUT2D eigenvalue weighted by atomic mass is 14.1. The van der Waals surface area contributed by atoms with Gasteiger partial charge in [-0.3, -0.25) is 0 Å². The third-order valence-corrected chi connectivity index (χ3v) is 5.84. The molecule has 0 aliphatic heterocycles. The van der Waals surface area contributed by atoms with Gasteiger partial charge in [-0.25, -0.2) is 0 Å². The minimum atomic E-state index is 0.935. The summed E-state index contributed by atoms with van der Waals surface area (Å²) in [4.78, 5) is 0. The predicted molar refractivity (Wildman–Crippen MR) is 126 cm³/mol. The van der Waals surface area contributed by atoms with E-state index < -0.39 is 0 Å². The van der Waals surface area contributed by atoms with Crippen molar-refractivity contribution >= 4 is 0 Å². The lowest BCUT2D eigenvalue weighted by molar-refractivity contribution is 0.415. The van der Waals surface area contributed by atoms with Gasteiger partial charge in [0.2, 0.25) is 0 Å². The standard InChI is InChI=1S/C27H52/c1-4-7-10-12-13-14-15-16-17-18-19-21-23-26-27(24-9-6-3)25-22-20-11-8-5-2/h21,23,27H,1-2,4-20,22,24-26H2,3H3. The monoisotopic (exact) mass is 376 g/mol. The second-order valence-corrected chi connectivity index (χ2v) is 8.60. The van der Waals surface area contributed by atoms with E-state index in [0.29, 0.717) is 0 Å². The lowest BCUT2D eigenvalue weighted by Gasteiger charge is -2.14. The Morgan fingerprint density at radius 1 is 0.556 bits per heavy atom. The predicted octanol–water partition coefficient (Wildman–Crippen LogP) is 10.0. The first-order valence-corrected chi connectivity index (χ1v) is 12.6. The molecule has 0 N–H and O–H groups in total. The first kappa shape index (κ1) is 26.7. The Bertz CT molecular complexity index is 278. The van der Waals surface area contributed by atoms with E-state index in [4.69, 9.17) is 0 Å². The molecule has 160 valence electrons. The molecule has 0 heteroatoms. The molecule has 1 atom stereocenters. The van der Waals surface area contributed by atoms with Crippen LogP contribution in [0.15, 0.2) is 12.2 Å². The summed E-state index contributed by atoms with van der Waals surface area (Å²) in [5, 5.41) is 0. The molecular formula is C27H52. The zero-order valence-corrected chi connectivity index (χ0v) is 19.0. The molecule has 27 heavy (non-hydrogen) atoms. The number of unbranched alkanes of at least 4 members (excludes halogenated alkanes) is 15. The molecular weight excluding hydrogens is 324 g/mol. The van der Waals surface area contributed by atoms with Crippen LogP contribution < -0.4 is 0 Å². The van der Waals surface area contributed by atoms with Crippen LogP contribution in [0.4, 0.5) is 0 Å². The van der Waals surface area contributed by atoms with Gasteiger partial charge >= 0.3 is 0 Å². The maximum Gasteiger partial charge on any atom is -0.0322 e. The van der Waals surface area contributed by atoms with Gasteiger partial charge in [0, 0.05) is 0 Å². The van der Waals surface area contributed by atoms with Gasteiger partial charge in [-0.15, -0.1) is 0 Å². The van der Waals surface area contributed by atoms with Crippen LogP contribution in [0.2, 0.25) is 0 Å². The molecule has 2 radical (unpaired) electrons. The van der Waals surface area contributed by atoms with Crippen molar-refractivity contribution in [3.05, 3.63) is 26.0 Å². The Morgan fingerprint density at radius 3 is 1.59 bits per heavy atom. The average molecular weight is 377 g/mol. The SMILES string of the molecule is [CH2]CCCCCCCCCCCC=CCC(CCCC)CCCCCC[CH2]. The van der Waals surface area contributed by atoms with Crippen LogP contribution in [0.5, 0.6) is 0 Å². The van der Waals surface area contributed by atoms with Gasteiger partial charge in [0.25, 0.3) is 0 Å². The fourth-order valence-corrected chi connectivity index (χ4v) is 3.92. The van der Waals surface area contributed by atoms with Gasteiger partial charge in [0.1, 0.15) is 0 Å². The second-order valence-electron chi connectivity index (χ2n) is 8.60. The van der Waals surface area contributed by atoms with Gasteiger partial charge in [-0.1, -0.05) is 148 Å². The molecule has 0 fully saturated rings. The molecule has 1 unspecified atom stereocenters. The number of allylic oxidation sites excluding steroid dienone is 2. The van der Waals surface area contributed by atoms with Crippen molar-refractivity contribution in [2.24, 2.45) is 5.92 Å². The van der Waals surface area contributed by atoms with Gasteiger partial charge in [-0.05, 0) is 25.2 Å². The molecule has 0 amide bonds. The largest absolute Gasteiger partial charge is 0.0885 e. The molecule has 0 heterocycles. The van der Waals surface area contributed by atoms with Gasteiger partial charge in [0.15, 0.2) is 0 Å². The van der Waals surface area contributed by atoms with E-state index in [2.05, 4.69) is 32.9 Å². The minimum Gasteiger partial charge on any atom is -0.0885 e. The van der Waals surface area contributed by atoms with Crippen molar-refractivity contribution < 1.29 is 0 Å². The molecule has 0 aromatic rings. The fourth-order valence-electron chi connectivity index (χ4n) is 3.92. The average Bonchev–Trinajstić information content (AvgIpc) is 2.68. The van der Waals surface area contributed by atoms with Crippen LogP contribution in [-0.4, -0.2) is 0 Å². The summed E-state index contributed by atoms with van der Waals surface area (Å²) in [5.41, 5.74) is 0. The molecule has 0 saturated carbocycles. The zero-order valence-electron chi connectivity index (χ0n) is 19.0. The Hall–Kier alpha value is -0.260. The lowest BCUT2D eigenvalue weighted by atomic mass is 9.92. The highest BCUT2D eigenvalue weighted by Crippen LogP contribution is 2.21. The molecule has 0 spiro atoms. The van der Waals surface area contributed by atoms with E-state index in [1.807, 2.05) is 0 Å². The molecule has 0 aromatic carbocycles. The van der Waals surface area contributed by atoms with Crippen LogP contribution in [0.3, 0.4) is 0 Å². The summed E-state index contributed by atoms with van der Waals surface area (Å²) in [6, 6.07) is 0. The normalized spacial score (nSPS) is 12.9. The topological polar surface area (TPSA) is 0 Å². The van der Waals surface area contributed by atoms with E-state index in [1.54, 1.807) is 0 Å². The Morgan fingerprint density at radius 2 is 1.04 bits per heavy atom. The summed E-state index contributed by atoms with van der Waals surface area (Å²) in [7, 11) is 0. The third-order valence-electron chi connectivity index (χ3n) is 5.84. The molecule has 0 aliphatic rings. The second kappa shape index (κ2) is 23.8. The number of rotatable bonds is 22. The van der Waals surface area contributed by atoms with Crippen molar-refractivity contribution in [3.63, 3.8) is 0 Å². The van der Waals surface area contributed by atoms with Gasteiger partial charge in [0.05, 0.1) is 0 Å². The van der Waals surface area contributed by atoms with Crippen molar-refractivity contribution in [1.82, 2.24) is 0 Å². The fraction of sp³-hybridized carbons (Fsp3) is 0.852. The summed E-state index contributed by atoms with van der Waals surface area (Å²) in [6.07, 6.45) is 33.7. The summed E-state index contributed by atoms with van der Waals surface area (Å²) in [6.45, 7) is 10.2. The first-order chi connectivity index (χ1) is 13.3. The van der Waals surface area contributed by atoms with Crippen LogP contribution in [0, 0.1) is 19.8 Å². The molecule has 0 aliphatic carbocycles. The summed E-state index contributed by atoms with van der Waals surface area (Å²) >= 11 is 0. The van der Waals surface area contributed by atoms with Crippen molar-refractivity contribution in [1.29, 1.82) is 0 Å². The smallest absolute Gasteiger partial charge is 0.0322 e. The maximum atomic E-state index is 3.95. The number of hydrogen-bond acceptors (Lipinski definition) is 0. The van der Waals surface area contributed by atoms with Crippen LogP contribution in [-0.2, 0) is 0 Å². The highest BCUT2D eigenvalue weighted by Gasteiger charge is 2.06. The lowest BCUT2D eigenvalue weighted by Crippen LogP contribution is -1.99. The molecule has 0 aromatic heterocycles. The Balaban J connectivity index is 3.55. The molecule has 0 saturated heterocycles. The molecule has 0 bridgehead atoms. The zero-order chi connectivity index (χ0) is 19.8. The molecule has 0 nitrogen and oxygen atoms in total. The summed E-state index contributed by atoms with van der Waals surface area (Å²) in [5.74, 6) is 0.935. The van der Waals surface area contributed by atoms with Crippen LogP contribution in [0.1, 0.15) is 142 Å². The van der Waals surface area contributed by atoms with E-state index in [1.165, 1.54) is 122 Å². The van der Waals surface area contributed by atoms with E-state index in [9.17, 15) is 0 Å². The minimum absolute atomic E-state index is 0.935. The van der Waals surface area contributed by atoms with E-state index in [-0.39, 0.29) is 0 Å². The van der Waals surface area contributed by atoms with Gasteiger partial charge in [-0.2, -0.15) is 0 Å². The van der Waals surface area contributed by atoms with Crippen molar-refractivity contribution in [2.45, 2.75) is 142 Å².